The third kappa shape index (κ3) is 17.8. The van der Waals surface area contributed by atoms with E-state index in [1.54, 1.807) is 40.9 Å². The molecule has 1 saturated carbocycles. The molecular weight excluding hydrogens is 955 g/mol. The molecule has 0 spiro atoms. The highest BCUT2D eigenvalue weighted by Crippen LogP contribution is 2.36. The van der Waals surface area contributed by atoms with Gasteiger partial charge in [-0.3, -0.25) is 24.0 Å². The van der Waals surface area contributed by atoms with E-state index in [9.17, 15) is 54.3 Å². The van der Waals surface area contributed by atoms with Gasteiger partial charge in [0.25, 0.3) is 11.7 Å². The monoisotopic (exact) mass is 1050 g/mol. The number of ether oxygens (including phenoxy) is 5. The topological polar surface area (TPSA) is 253 Å². The zero-order valence-corrected chi connectivity index (χ0v) is 46.3. The predicted octanol–water partition coefficient (Wildman–Crippen LogP) is 5.75. The SMILES string of the molecule is COC1C[C@@H](O)CC[C@@H](C)[C@](C)(O)C(=O)C(=O)N2CCCC[C@H]2C(=O)O[C@H]([C@H](C)CC2CC[C@@H](OC(=O)C(C)(CO)CO)[C@H](OC)C2)CC(=O)C(C)=CC(C)[C@@H](O)[C@@H](OC)C(=O)[C@H](C)C[C@H](C)C=CC=CC=C1C. The molecule has 5 N–H and O–H groups in total. The molecule has 0 radical (unpaired) electrons. The summed E-state index contributed by atoms with van der Waals surface area (Å²) < 4.78 is 29.1. The second-order valence-electron chi connectivity index (χ2n) is 22.2. The smallest absolute Gasteiger partial charge is 0.329 e. The molecule has 3 unspecified atom stereocenters. The zero-order valence-electron chi connectivity index (χ0n) is 46.3. The number of hydrogen-bond acceptors (Lipinski definition) is 16. The number of hydrogen-bond donors (Lipinski definition) is 5. The zero-order chi connectivity index (χ0) is 55.7. The first-order valence-electron chi connectivity index (χ1n) is 26.7. The fourth-order valence-corrected chi connectivity index (χ4v) is 10.3. The van der Waals surface area contributed by atoms with Crippen LogP contribution in [0.4, 0.5) is 0 Å². The van der Waals surface area contributed by atoms with E-state index < -0.39 is 120 Å². The van der Waals surface area contributed by atoms with Crippen LogP contribution >= 0.6 is 0 Å². The summed E-state index contributed by atoms with van der Waals surface area (Å²) >= 11 is 0. The quantitative estimate of drug-likeness (QED) is 0.129. The van der Waals surface area contributed by atoms with E-state index in [2.05, 4.69) is 0 Å². The molecule has 17 nitrogen and oxygen atoms in total. The summed E-state index contributed by atoms with van der Waals surface area (Å²) in [6.45, 7) is 14.0. The minimum atomic E-state index is -2.14. The van der Waals surface area contributed by atoms with Gasteiger partial charge in [0.15, 0.2) is 11.6 Å². The molecule has 17 heteroatoms. The summed E-state index contributed by atoms with van der Waals surface area (Å²) in [5.74, 6) is -6.81. The largest absolute Gasteiger partial charge is 0.460 e. The van der Waals surface area contributed by atoms with Crippen molar-refractivity contribution in [2.24, 2.45) is 40.9 Å². The number of Topliss-reactive ketones (excluding diaryl/α,β-unsaturated/α-hetero) is 3. The Morgan fingerprint density at radius 2 is 1.54 bits per heavy atom. The molecule has 1 aliphatic carbocycles. The Bertz CT molecular complexity index is 1990. The van der Waals surface area contributed by atoms with Crippen LogP contribution in [-0.2, 0) is 52.5 Å². The van der Waals surface area contributed by atoms with Crippen molar-refractivity contribution in [3.63, 3.8) is 0 Å². The van der Waals surface area contributed by atoms with E-state index in [1.807, 2.05) is 51.2 Å². The molecule has 1 saturated heterocycles. The first-order valence-corrected chi connectivity index (χ1v) is 26.7. The van der Waals surface area contributed by atoms with Gasteiger partial charge in [-0.05, 0) is 127 Å². The Hall–Kier alpha value is -3.94. The number of ketones is 3. The fourth-order valence-electron chi connectivity index (χ4n) is 10.3. The Labute approximate surface area is 440 Å². The van der Waals surface area contributed by atoms with E-state index >= 15 is 0 Å². The van der Waals surface area contributed by atoms with E-state index in [-0.39, 0.29) is 67.6 Å². The molecule has 2 aliphatic heterocycles. The van der Waals surface area contributed by atoms with E-state index in [0.29, 0.717) is 44.9 Å². The van der Waals surface area contributed by atoms with Gasteiger partial charge >= 0.3 is 11.9 Å². The average Bonchev–Trinajstić information content (AvgIpc) is 3.38. The van der Waals surface area contributed by atoms with Crippen molar-refractivity contribution in [3.05, 3.63) is 47.6 Å². The lowest BCUT2D eigenvalue weighted by molar-refractivity contribution is -0.177. The molecule has 0 aromatic carbocycles. The molecule has 0 aromatic heterocycles. The highest BCUT2D eigenvalue weighted by molar-refractivity contribution is 6.39. The van der Waals surface area contributed by atoms with Gasteiger partial charge in [0, 0.05) is 52.6 Å². The second kappa shape index (κ2) is 30.1. The number of nitrogens with zero attached hydrogens (tertiary/aromatic N) is 1. The van der Waals surface area contributed by atoms with Crippen molar-refractivity contribution in [1.29, 1.82) is 0 Å². The van der Waals surface area contributed by atoms with Crippen molar-refractivity contribution in [3.8, 4) is 0 Å². The predicted molar refractivity (Wildman–Crippen MR) is 278 cm³/mol. The summed E-state index contributed by atoms with van der Waals surface area (Å²) in [6.07, 6.45) is 8.94. The third-order valence-electron chi connectivity index (χ3n) is 16.0. The number of methoxy groups -OCH3 is 3. The molecule has 0 aromatic rings. The molecule has 0 bridgehead atoms. The third-order valence-corrected chi connectivity index (χ3v) is 16.0. The molecule has 2 heterocycles. The molecule has 15 atom stereocenters. The first kappa shape index (κ1) is 64.3. The first-order chi connectivity index (χ1) is 34.8. The molecular formula is C57H91NO16. The van der Waals surface area contributed by atoms with Crippen LogP contribution in [0.5, 0.6) is 0 Å². The number of allylic oxidation sites excluding steroid dienone is 6. The Morgan fingerprint density at radius 1 is 0.865 bits per heavy atom. The average molecular weight is 1050 g/mol. The van der Waals surface area contributed by atoms with Crippen LogP contribution in [-0.4, -0.2) is 161 Å². The van der Waals surface area contributed by atoms with E-state index in [1.165, 1.54) is 28.1 Å². The van der Waals surface area contributed by atoms with Gasteiger partial charge in [0.1, 0.15) is 35.4 Å². The minimum absolute atomic E-state index is 0.00745. The van der Waals surface area contributed by atoms with Crippen molar-refractivity contribution in [2.75, 3.05) is 41.1 Å². The van der Waals surface area contributed by atoms with Crippen LogP contribution in [0, 0.1) is 40.9 Å². The fraction of sp³-hybridized carbons (Fsp3) is 0.754. The molecule has 2 fully saturated rings. The number of rotatable bonds is 10. The van der Waals surface area contributed by atoms with Crippen LogP contribution in [0.25, 0.3) is 0 Å². The lowest BCUT2D eigenvalue weighted by Crippen LogP contribution is -2.57. The van der Waals surface area contributed by atoms with Crippen molar-refractivity contribution in [2.45, 2.75) is 194 Å². The minimum Gasteiger partial charge on any atom is -0.460 e. The van der Waals surface area contributed by atoms with Gasteiger partial charge in [-0.2, -0.15) is 0 Å². The van der Waals surface area contributed by atoms with Gasteiger partial charge in [-0.25, -0.2) is 4.79 Å². The second-order valence-corrected chi connectivity index (χ2v) is 22.2. The maximum Gasteiger partial charge on any atom is 0.329 e. The molecule has 420 valence electrons. The summed E-state index contributed by atoms with van der Waals surface area (Å²) in [6, 6.07) is -1.19. The maximum atomic E-state index is 14.5. The molecule has 3 aliphatic rings. The Morgan fingerprint density at radius 3 is 2.16 bits per heavy atom. The molecule has 1 amide bonds. The lowest BCUT2D eigenvalue weighted by atomic mass is 9.78. The summed E-state index contributed by atoms with van der Waals surface area (Å²) in [5.41, 5.74) is -2.52. The standard InChI is InChI=1S/C57H91NO16/c1-34-18-14-13-15-19-35(2)46(70-10)30-42(61)23-21-40(7)57(9,69)52(65)53(66)58-25-17-16-20-43(58)54(67)73-47(31-44(62)36(3)27-39(6)50(64)51(72-12)49(63)38(5)26-34)37(4)28-41-22-24-45(48(29-41)71-11)74-55(68)56(8,32-59)33-60/h13-15,18-19,27,34,37-43,45-48,50-51,59-61,64,69H,16-17,20-26,28-33H2,1-12H3/t34-,37-,38-,39?,40-,41?,42+,43+,45-,46?,47+,48-,50-,51+,57+/m1/s1. The Balaban J connectivity index is 2.02. The number of esters is 2. The molecule has 3 rings (SSSR count). The Kier molecular flexibility index (Phi) is 26.2. The summed E-state index contributed by atoms with van der Waals surface area (Å²) in [7, 11) is 4.41. The van der Waals surface area contributed by atoms with Gasteiger partial charge in [0.05, 0.1) is 37.6 Å². The van der Waals surface area contributed by atoms with Crippen molar-refractivity contribution >= 4 is 35.2 Å². The number of aliphatic hydroxyl groups excluding tert-OH is 4. The van der Waals surface area contributed by atoms with Gasteiger partial charge < -0.3 is 54.1 Å². The van der Waals surface area contributed by atoms with Crippen LogP contribution in [0.2, 0.25) is 0 Å². The number of amides is 1. The van der Waals surface area contributed by atoms with Gasteiger partial charge in [-0.1, -0.05) is 71.1 Å². The number of cyclic esters (lactones) is 1. The highest BCUT2D eigenvalue weighted by Gasteiger charge is 2.47. The van der Waals surface area contributed by atoms with E-state index in [4.69, 9.17) is 23.7 Å². The number of fused-ring (bicyclic) bond motifs is 1. The van der Waals surface area contributed by atoms with Crippen LogP contribution < -0.4 is 0 Å². The molecule has 74 heavy (non-hydrogen) atoms. The number of piperidine rings is 1. The number of carbonyl (C=O) groups excluding carboxylic acids is 6. The number of carbonyl (C=O) groups is 6. The van der Waals surface area contributed by atoms with E-state index in [0.717, 1.165) is 10.5 Å². The van der Waals surface area contributed by atoms with Crippen molar-refractivity contribution < 1.29 is 78.0 Å². The highest BCUT2D eigenvalue weighted by atomic mass is 16.6. The van der Waals surface area contributed by atoms with Crippen LogP contribution in [0.15, 0.2) is 47.6 Å². The maximum absolute atomic E-state index is 14.5. The van der Waals surface area contributed by atoms with Crippen LogP contribution in [0.3, 0.4) is 0 Å². The summed E-state index contributed by atoms with van der Waals surface area (Å²) in [4.78, 5) is 84.8. The van der Waals surface area contributed by atoms with Crippen molar-refractivity contribution in [1.82, 2.24) is 4.90 Å². The van der Waals surface area contributed by atoms with Crippen LogP contribution in [0.1, 0.15) is 139 Å². The van der Waals surface area contributed by atoms with Gasteiger partial charge in [0.2, 0.25) is 0 Å². The summed E-state index contributed by atoms with van der Waals surface area (Å²) in [5, 5.41) is 53.8. The number of aliphatic hydroxyl groups is 5. The van der Waals surface area contributed by atoms with Gasteiger partial charge in [-0.15, -0.1) is 0 Å². The normalized spacial score (nSPS) is 34.4. The lowest BCUT2D eigenvalue weighted by Gasteiger charge is -2.39.